The zero-order valence-electron chi connectivity index (χ0n) is 14.0. The van der Waals surface area contributed by atoms with E-state index in [0.29, 0.717) is 12.2 Å². The molecule has 0 aromatic heterocycles. The molecule has 2 aromatic carbocycles. The van der Waals surface area contributed by atoms with Crippen molar-refractivity contribution in [3.63, 3.8) is 0 Å². The van der Waals surface area contributed by atoms with Crippen molar-refractivity contribution in [1.82, 2.24) is 10.2 Å². The van der Waals surface area contributed by atoms with Crippen molar-refractivity contribution in [2.75, 3.05) is 27.2 Å². The van der Waals surface area contributed by atoms with Crippen LogP contribution in [0.25, 0.3) is 6.08 Å². The van der Waals surface area contributed by atoms with E-state index >= 15 is 0 Å². The minimum atomic E-state index is -0.0831. The van der Waals surface area contributed by atoms with Gasteiger partial charge in [0.05, 0.1) is 11.6 Å². The molecule has 1 aliphatic heterocycles. The minimum absolute atomic E-state index is 0.0632. The molecule has 4 heteroatoms. The molecule has 1 amide bonds. The van der Waals surface area contributed by atoms with Gasteiger partial charge in [0.15, 0.2) is 0 Å². The molecule has 1 aliphatic rings. The average molecular weight is 322 g/mol. The molecule has 0 spiro atoms. The Morgan fingerprint density at radius 2 is 1.83 bits per heavy atom. The molecule has 24 heavy (non-hydrogen) atoms. The van der Waals surface area contributed by atoms with Crippen LogP contribution in [0.1, 0.15) is 17.2 Å². The van der Waals surface area contributed by atoms with E-state index in [4.69, 9.17) is 4.74 Å². The van der Waals surface area contributed by atoms with Crippen LogP contribution in [-0.4, -0.2) is 38.1 Å². The zero-order chi connectivity index (χ0) is 16.9. The number of rotatable bonds is 5. The molecule has 0 fully saturated rings. The number of nitrogens with zero attached hydrogens (tertiary/aromatic N) is 1. The summed E-state index contributed by atoms with van der Waals surface area (Å²) in [4.78, 5) is 14.8. The van der Waals surface area contributed by atoms with Crippen LogP contribution in [0.2, 0.25) is 0 Å². The molecule has 0 radical (unpaired) electrons. The van der Waals surface area contributed by atoms with Gasteiger partial charge in [-0.15, -0.1) is 0 Å². The van der Waals surface area contributed by atoms with Crippen LogP contribution in [-0.2, 0) is 4.79 Å². The van der Waals surface area contributed by atoms with Gasteiger partial charge in [-0.25, -0.2) is 0 Å². The van der Waals surface area contributed by atoms with Gasteiger partial charge in [-0.1, -0.05) is 48.5 Å². The van der Waals surface area contributed by atoms with Crippen molar-refractivity contribution in [1.29, 1.82) is 0 Å². The number of amides is 1. The summed E-state index contributed by atoms with van der Waals surface area (Å²) in [6.07, 6.45) is 1.91. The van der Waals surface area contributed by atoms with E-state index in [2.05, 4.69) is 10.2 Å². The molecule has 1 heterocycles. The van der Waals surface area contributed by atoms with Crippen molar-refractivity contribution in [3.8, 4) is 5.75 Å². The highest BCUT2D eigenvalue weighted by molar-refractivity contribution is 5.99. The monoisotopic (exact) mass is 322 g/mol. The SMILES string of the molecule is CN(C)C[C@@H](NC(=O)C1=Cc2ccccc2OC1)c1ccccc1. The van der Waals surface area contributed by atoms with Crippen molar-refractivity contribution in [2.24, 2.45) is 0 Å². The summed E-state index contributed by atoms with van der Waals surface area (Å²) in [5.74, 6) is 0.738. The van der Waals surface area contributed by atoms with E-state index < -0.39 is 0 Å². The van der Waals surface area contributed by atoms with Gasteiger partial charge < -0.3 is 15.0 Å². The number of carbonyl (C=O) groups excluding carboxylic acids is 1. The topological polar surface area (TPSA) is 41.6 Å². The first-order valence-corrected chi connectivity index (χ1v) is 8.06. The summed E-state index contributed by atoms with van der Waals surface area (Å²) in [5.41, 5.74) is 2.68. The average Bonchev–Trinajstić information content (AvgIpc) is 2.61. The van der Waals surface area contributed by atoms with Gasteiger partial charge in [-0.05, 0) is 31.8 Å². The van der Waals surface area contributed by atoms with E-state index in [1.807, 2.05) is 74.8 Å². The van der Waals surface area contributed by atoms with Crippen molar-refractivity contribution < 1.29 is 9.53 Å². The molecular weight excluding hydrogens is 300 g/mol. The van der Waals surface area contributed by atoms with Gasteiger partial charge in [0, 0.05) is 12.1 Å². The predicted molar refractivity (Wildman–Crippen MR) is 95.8 cm³/mol. The molecule has 0 unspecified atom stereocenters. The third kappa shape index (κ3) is 3.84. The van der Waals surface area contributed by atoms with Gasteiger partial charge in [0.25, 0.3) is 5.91 Å². The quantitative estimate of drug-likeness (QED) is 0.920. The number of benzene rings is 2. The van der Waals surface area contributed by atoms with Gasteiger partial charge in [-0.3, -0.25) is 4.79 Å². The summed E-state index contributed by atoms with van der Waals surface area (Å²) >= 11 is 0. The molecule has 1 atom stereocenters. The summed E-state index contributed by atoms with van der Waals surface area (Å²) in [5, 5.41) is 3.14. The molecule has 2 aromatic rings. The second-order valence-corrected chi connectivity index (χ2v) is 6.20. The number of carbonyl (C=O) groups is 1. The first-order chi connectivity index (χ1) is 11.6. The van der Waals surface area contributed by atoms with E-state index in [-0.39, 0.29) is 11.9 Å². The lowest BCUT2D eigenvalue weighted by atomic mass is 10.0. The third-order valence-electron chi connectivity index (χ3n) is 3.98. The van der Waals surface area contributed by atoms with Crippen molar-refractivity contribution in [2.45, 2.75) is 6.04 Å². The van der Waals surface area contributed by atoms with Crippen LogP contribution in [0, 0.1) is 0 Å². The Balaban J connectivity index is 1.78. The number of fused-ring (bicyclic) bond motifs is 1. The van der Waals surface area contributed by atoms with Crippen molar-refractivity contribution >= 4 is 12.0 Å². The van der Waals surface area contributed by atoms with Crippen molar-refractivity contribution in [3.05, 3.63) is 71.3 Å². The molecule has 0 saturated heterocycles. The van der Waals surface area contributed by atoms with Gasteiger partial charge in [-0.2, -0.15) is 0 Å². The zero-order valence-corrected chi connectivity index (χ0v) is 14.0. The Labute approximate surface area is 142 Å². The van der Waals surface area contributed by atoms with E-state index in [1.54, 1.807) is 0 Å². The normalized spacial score (nSPS) is 14.4. The van der Waals surface area contributed by atoms with Crippen LogP contribution >= 0.6 is 0 Å². The summed E-state index contributed by atoms with van der Waals surface area (Å²) in [6.45, 7) is 1.03. The smallest absolute Gasteiger partial charge is 0.251 e. The first kappa shape index (κ1) is 16.3. The Morgan fingerprint density at radius 1 is 1.12 bits per heavy atom. The minimum Gasteiger partial charge on any atom is -0.488 e. The second kappa shape index (κ2) is 7.32. The molecule has 124 valence electrons. The summed E-state index contributed by atoms with van der Waals surface area (Å²) < 4.78 is 5.69. The molecular formula is C20H22N2O2. The maximum atomic E-state index is 12.7. The number of hydrogen-bond donors (Lipinski definition) is 1. The maximum Gasteiger partial charge on any atom is 0.251 e. The first-order valence-electron chi connectivity index (χ1n) is 8.06. The third-order valence-corrected chi connectivity index (χ3v) is 3.98. The van der Waals surface area contributed by atoms with Crippen LogP contribution in [0.4, 0.5) is 0 Å². The second-order valence-electron chi connectivity index (χ2n) is 6.20. The van der Waals surface area contributed by atoms with Gasteiger partial charge in [0.2, 0.25) is 0 Å². The number of likely N-dealkylation sites (N-methyl/N-ethyl adjacent to an activating group) is 1. The fraction of sp³-hybridized carbons (Fsp3) is 0.250. The molecule has 0 aliphatic carbocycles. The summed E-state index contributed by atoms with van der Waals surface area (Å²) in [6, 6.07) is 17.7. The Bertz CT molecular complexity index is 738. The summed E-state index contributed by atoms with van der Waals surface area (Å²) in [7, 11) is 4.00. The maximum absolute atomic E-state index is 12.7. The standard InChI is InChI=1S/C20H22N2O2/c1-22(2)13-18(15-8-4-3-5-9-15)21-20(23)17-12-16-10-6-7-11-19(16)24-14-17/h3-12,18H,13-14H2,1-2H3,(H,21,23)/t18-/m1/s1. The van der Waals surface area contributed by atoms with Gasteiger partial charge in [0.1, 0.15) is 12.4 Å². The molecule has 0 saturated carbocycles. The number of nitrogens with one attached hydrogen (secondary N) is 1. The Kier molecular flexibility index (Phi) is 4.96. The number of para-hydroxylation sites is 1. The number of ether oxygens (including phenoxy) is 1. The number of hydrogen-bond acceptors (Lipinski definition) is 3. The fourth-order valence-corrected chi connectivity index (χ4v) is 2.78. The lowest BCUT2D eigenvalue weighted by molar-refractivity contribution is -0.118. The largest absolute Gasteiger partial charge is 0.488 e. The highest BCUT2D eigenvalue weighted by Crippen LogP contribution is 2.26. The van der Waals surface area contributed by atoms with E-state index in [1.165, 1.54) is 0 Å². The molecule has 3 rings (SSSR count). The van der Waals surface area contributed by atoms with Crippen LogP contribution in [0.15, 0.2) is 60.2 Å². The predicted octanol–water partition coefficient (Wildman–Crippen LogP) is 2.88. The fourth-order valence-electron chi connectivity index (χ4n) is 2.78. The van der Waals surface area contributed by atoms with Crippen LogP contribution in [0.5, 0.6) is 5.75 Å². The van der Waals surface area contributed by atoms with Gasteiger partial charge >= 0.3 is 0 Å². The van der Waals surface area contributed by atoms with E-state index in [9.17, 15) is 4.79 Å². The van der Waals surface area contributed by atoms with Crippen LogP contribution < -0.4 is 10.1 Å². The molecule has 1 N–H and O–H groups in total. The molecule has 4 nitrogen and oxygen atoms in total. The lowest BCUT2D eigenvalue weighted by Gasteiger charge is -2.24. The highest BCUT2D eigenvalue weighted by atomic mass is 16.5. The van der Waals surface area contributed by atoms with Crippen LogP contribution in [0.3, 0.4) is 0 Å². The Morgan fingerprint density at radius 3 is 2.58 bits per heavy atom. The lowest BCUT2D eigenvalue weighted by Crippen LogP contribution is -2.37. The highest BCUT2D eigenvalue weighted by Gasteiger charge is 2.21. The molecule has 0 bridgehead atoms. The Hall–Kier alpha value is -2.59. The van der Waals surface area contributed by atoms with E-state index in [0.717, 1.165) is 23.4 Å².